The van der Waals surface area contributed by atoms with Gasteiger partial charge in [0.15, 0.2) is 0 Å². The minimum Gasteiger partial charge on any atom is -0.496 e. The maximum atomic E-state index is 5.45. The van der Waals surface area contributed by atoms with Crippen LogP contribution in [0, 0.1) is 0 Å². The first-order valence-corrected chi connectivity index (χ1v) is 7.69. The molecule has 1 N–H and O–H groups in total. The maximum Gasteiger partial charge on any atom is 0.123 e. The number of hydrogen-bond acceptors (Lipinski definition) is 2. The largest absolute Gasteiger partial charge is 0.496 e. The highest BCUT2D eigenvalue weighted by atomic mass is 16.5. The molecule has 0 aliphatic carbocycles. The lowest BCUT2D eigenvalue weighted by Crippen LogP contribution is -2.22. The van der Waals surface area contributed by atoms with E-state index in [0.29, 0.717) is 6.04 Å². The quantitative estimate of drug-likeness (QED) is 0.617. The van der Waals surface area contributed by atoms with E-state index in [1.54, 1.807) is 7.11 Å². The Morgan fingerprint density at radius 3 is 2.47 bits per heavy atom. The molecule has 108 valence electrons. The smallest absolute Gasteiger partial charge is 0.123 e. The van der Waals surface area contributed by atoms with Gasteiger partial charge >= 0.3 is 0 Å². The Morgan fingerprint density at radius 1 is 1.05 bits per heavy atom. The van der Waals surface area contributed by atoms with Gasteiger partial charge in [-0.15, -0.1) is 0 Å². The summed E-state index contributed by atoms with van der Waals surface area (Å²) >= 11 is 0. The molecule has 0 bridgehead atoms. The highest BCUT2D eigenvalue weighted by Gasteiger charge is 2.12. The summed E-state index contributed by atoms with van der Waals surface area (Å²) in [6.45, 7) is 5.58. The zero-order valence-electron chi connectivity index (χ0n) is 12.7. The number of ether oxygens (including phenoxy) is 1. The van der Waals surface area contributed by atoms with Crippen LogP contribution in [0.1, 0.15) is 64.0 Å². The molecule has 1 unspecified atom stereocenters. The van der Waals surface area contributed by atoms with Gasteiger partial charge in [0.1, 0.15) is 5.75 Å². The maximum absolute atomic E-state index is 5.45. The van der Waals surface area contributed by atoms with Gasteiger partial charge in [-0.2, -0.15) is 0 Å². The van der Waals surface area contributed by atoms with E-state index < -0.39 is 0 Å². The van der Waals surface area contributed by atoms with E-state index in [2.05, 4.69) is 31.3 Å². The van der Waals surface area contributed by atoms with E-state index in [0.717, 1.165) is 18.7 Å². The molecule has 2 nitrogen and oxygen atoms in total. The number of rotatable bonds is 10. The Labute approximate surface area is 118 Å². The number of nitrogens with one attached hydrogen (secondary N) is 1. The first kappa shape index (κ1) is 16.0. The van der Waals surface area contributed by atoms with Crippen LogP contribution in [0.3, 0.4) is 0 Å². The van der Waals surface area contributed by atoms with Crippen molar-refractivity contribution in [3.8, 4) is 5.75 Å². The topological polar surface area (TPSA) is 21.3 Å². The summed E-state index contributed by atoms with van der Waals surface area (Å²) in [5.74, 6) is 0.993. The third-order valence-corrected chi connectivity index (χ3v) is 3.59. The van der Waals surface area contributed by atoms with Crippen LogP contribution in [0.15, 0.2) is 24.3 Å². The SMILES string of the molecule is CCCCCCCNC(CC)c1ccccc1OC. The predicted octanol–water partition coefficient (Wildman–Crippen LogP) is 4.71. The summed E-state index contributed by atoms with van der Waals surface area (Å²) < 4.78 is 5.45. The van der Waals surface area contributed by atoms with Gasteiger partial charge in [0.2, 0.25) is 0 Å². The molecule has 0 spiro atoms. The van der Waals surface area contributed by atoms with E-state index in [1.165, 1.54) is 37.7 Å². The summed E-state index contributed by atoms with van der Waals surface area (Å²) in [7, 11) is 1.75. The fourth-order valence-corrected chi connectivity index (χ4v) is 2.43. The van der Waals surface area contributed by atoms with Crippen molar-refractivity contribution >= 4 is 0 Å². The van der Waals surface area contributed by atoms with Gasteiger partial charge in [0, 0.05) is 11.6 Å². The van der Waals surface area contributed by atoms with Gasteiger partial charge in [0.25, 0.3) is 0 Å². The summed E-state index contributed by atoms with van der Waals surface area (Å²) in [6.07, 6.45) is 7.74. The normalized spacial score (nSPS) is 12.4. The van der Waals surface area contributed by atoms with Crippen LogP contribution in [0.25, 0.3) is 0 Å². The molecule has 2 heteroatoms. The third-order valence-electron chi connectivity index (χ3n) is 3.59. The Kier molecular flexibility index (Phi) is 8.31. The first-order chi connectivity index (χ1) is 9.33. The molecule has 0 aromatic heterocycles. The Morgan fingerprint density at radius 2 is 1.79 bits per heavy atom. The lowest BCUT2D eigenvalue weighted by atomic mass is 10.0. The number of benzene rings is 1. The third kappa shape index (κ3) is 5.65. The number of hydrogen-bond donors (Lipinski definition) is 1. The van der Waals surface area contributed by atoms with E-state index in [9.17, 15) is 0 Å². The van der Waals surface area contributed by atoms with Gasteiger partial charge in [-0.25, -0.2) is 0 Å². The average Bonchev–Trinajstić information content (AvgIpc) is 2.47. The molecule has 1 atom stereocenters. The molecule has 0 heterocycles. The van der Waals surface area contributed by atoms with Crippen molar-refractivity contribution in [3.63, 3.8) is 0 Å². The van der Waals surface area contributed by atoms with E-state index >= 15 is 0 Å². The molecular weight excluding hydrogens is 234 g/mol. The second-order valence-corrected chi connectivity index (χ2v) is 5.07. The molecule has 0 aliphatic rings. The minimum absolute atomic E-state index is 0.405. The molecule has 0 saturated heterocycles. The van der Waals surface area contributed by atoms with E-state index in [1.807, 2.05) is 12.1 Å². The molecule has 1 rings (SSSR count). The summed E-state index contributed by atoms with van der Waals surface area (Å²) in [4.78, 5) is 0. The van der Waals surface area contributed by atoms with Gasteiger partial charge in [-0.05, 0) is 25.5 Å². The highest BCUT2D eigenvalue weighted by molar-refractivity contribution is 5.35. The number of methoxy groups -OCH3 is 1. The highest BCUT2D eigenvalue weighted by Crippen LogP contribution is 2.26. The fraction of sp³-hybridized carbons (Fsp3) is 0.647. The van der Waals surface area contributed by atoms with Crippen LogP contribution in [-0.2, 0) is 0 Å². The molecular formula is C17H29NO. The zero-order chi connectivity index (χ0) is 13.9. The molecule has 1 aromatic carbocycles. The predicted molar refractivity (Wildman–Crippen MR) is 82.8 cm³/mol. The Balaban J connectivity index is 2.40. The van der Waals surface area contributed by atoms with Crippen molar-refractivity contribution in [2.45, 2.75) is 58.4 Å². The van der Waals surface area contributed by atoms with E-state index in [-0.39, 0.29) is 0 Å². The number of para-hydroxylation sites is 1. The molecule has 0 saturated carbocycles. The van der Waals surface area contributed by atoms with Crippen molar-refractivity contribution in [1.82, 2.24) is 5.32 Å². The zero-order valence-corrected chi connectivity index (χ0v) is 12.7. The molecule has 0 aliphatic heterocycles. The second kappa shape index (κ2) is 9.85. The lowest BCUT2D eigenvalue weighted by Gasteiger charge is -2.20. The van der Waals surface area contributed by atoms with Crippen LogP contribution in [0.2, 0.25) is 0 Å². The van der Waals surface area contributed by atoms with Crippen LogP contribution >= 0.6 is 0 Å². The van der Waals surface area contributed by atoms with Crippen LogP contribution in [0.5, 0.6) is 5.75 Å². The minimum atomic E-state index is 0.405. The van der Waals surface area contributed by atoms with Crippen LogP contribution < -0.4 is 10.1 Å². The number of unbranched alkanes of at least 4 members (excludes halogenated alkanes) is 4. The van der Waals surface area contributed by atoms with Crippen LogP contribution in [-0.4, -0.2) is 13.7 Å². The monoisotopic (exact) mass is 263 g/mol. The Hall–Kier alpha value is -1.02. The summed E-state index contributed by atoms with van der Waals surface area (Å²) in [5, 5.41) is 3.66. The Bertz CT molecular complexity index is 338. The van der Waals surface area contributed by atoms with Gasteiger partial charge in [-0.3, -0.25) is 0 Å². The average molecular weight is 263 g/mol. The molecule has 19 heavy (non-hydrogen) atoms. The molecule has 0 radical (unpaired) electrons. The van der Waals surface area contributed by atoms with Crippen molar-refractivity contribution in [2.24, 2.45) is 0 Å². The van der Waals surface area contributed by atoms with E-state index in [4.69, 9.17) is 4.74 Å². The second-order valence-electron chi connectivity index (χ2n) is 5.07. The summed E-state index contributed by atoms with van der Waals surface area (Å²) in [6, 6.07) is 8.73. The fourth-order valence-electron chi connectivity index (χ4n) is 2.43. The van der Waals surface area contributed by atoms with Crippen molar-refractivity contribution in [1.29, 1.82) is 0 Å². The van der Waals surface area contributed by atoms with Crippen molar-refractivity contribution in [3.05, 3.63) is 29.8 Å². The standard InChI is InChI=1S/C17H29NO/c1-4-6-7-8-11-14-18-16(5-2)15-12-9-10-13-17(15)19-3/h9-10,12-13,16,18H,4-8,11,14H2,1-3H3. The molecule has 0 amide bonds. The summed E-state index contributed by atoms with van der Waals surface area (Å²) in [5.41, 5.74) is 1.28. The van der Waals surface area contributed by atoms with Gasteiger partial charge < -0.3 is 10.1 Å². The van der Waals surface area contributed by atoms with Gasteiger partial charge in [0.05, 0.1) is 7.11 Å². The first-order valence-electron chi connectivity index (χ1n) is 7.69. The molecule has 1 aromatic rings. The van der Waals surface area contributed by atoms with Crippen molar-refractivity contribution < 1.29 is 4.74 Å². The van der Waals surface area contributed by atoms with Crippen molar-refractivity contribution in [2.75, 3.05) is 13.7 Å². The molecule has 0 fully saturated rings. The van der Waals surface area contributed by atoms with Gasteiger partial charge in [-0.1, -0.05) is 57.7 Å². The van der Waals surface area contributed by atoms with Crippen LogP contribution in [0.4, 0.5) is 0 Å². The lowest BCUT2D eigenvalue weighted by molar-refractivity contribution is 0.395.